The first-order chi connectivity index (χ1) is 18.2. The van der Waals surface area contributed by atoms with Gasteiger partial charge in [0.25, 0.3) is 5.91 Å². The van der Waals surface area contributed by atoms with Gasteiger partial charge in [0, 0.05) is 31.4 Å². The van der Waals surface area contributed by atoms with Crippen LogP contribution in [-0.4, -0.2) is 81.4 Å². The third kappa shape index (κ3) is 8.35. The van der Waals surface area contributed by atoms with E-state index in [9.17, 15) is 18.3 Å². The molecule has 1 aliphatic carbocycles. The number of amides is 1. The largest absolute Gasteiger partial charge is 0.393 e. The highest BCUT2D eigenvalue weighted by Gasteiger charge is 2.26. The van der Waals surface area contributed by atoms with E-state index in [0.29, 0.717) is 68.7 Å². The van der Waals surface area contributed by atoms with Crippen LogP contribution in [0.3, 0.4) is 0 Å². The van der Waals surface area contributed by atoms with Crippen molar-refractivity contribution in [1.82, 2.24) is 14.9 Å². The number of anilines is 1. The lowest BCUT2D eigenvalue weighted by atomic mass is 9.93. The van der Waals surface area contributed by atoms with Crippen LogP contribution < -0.4 is 16.0 Å². The van der Waals surface area contributed by atoms with Crippen LogP contribution >= 0.6 is 0 Å². The van der Waals surface area contributed by atoms with Gasteiger partial charge in [-0.3, -0.25) is 9.79 Å². The summed E-state index contributed by atoms with van der Waals surface area (Å²) in [7, 11) is -3.62. The second kappa shape index (κ2) is 14.4. The van der Waals surface area contributed by atoms with Crippen molar-refractivity contribution in [2.45, 2.75) is 69.4 Å². The number of hydrogen-bond donors (Lipinski definition) is 4. The molecule has 0 atom stereocenters. The predicted molar refractivity (Wildman–Crippen MR) is 149 cm³/mol. The lowest BCUT2D eigenvalue weighted by molar-refractivity contribution is -0.112. The van der Waals surface area contributed by atoms with Gasteiger partial charge in [0.05, 0.1) is 29.8 Å². The number of aliphatic hydroxyl groups excluding tert-OH is 1. The zero-order valence-corrected chi connectivity index (χ0v) is 23.1. The van der Waals surface area contributed by atoms with Crippen molar-refractivity contribution in [3.63, 3.8) is 0 Å². The van der Waals surface area contributed by atoms with Crippen LogP contribution in [0.15, 0.2) is 50.5 Å². The Kier molecular flexibility index (Phi) is 11.3. The molecule has 1 saturated heterocycles. The fourth-order valence-electron chi connectivity index (χ4n) is 4.23. The summed E-state index contributed by atoms with van der Waals surface area (Å²) in [5, 5.41) is 19.2. The van der Waals surface area contributed by atoms with E-state index in [2.05, 4.69) is 39.6 Å². The van der Waals surface area contributed by atoms with Crippen LogP contribution in [0.5, 0.6) is 0 Å². The summed E-state index contributed by atoms with van der Waals surface area (Å²) in [6.07, 6.45) is 4.51. The molecular weight excluding hydrogens is 508 g/mol. The maximum atomic E-state index is 13.2. The molecule has 1 saturated carbocycles. The molecule has 1 amide bonds. The minimum Gasteiger partial charge on any atom is -0.393 e. The van der Waals surface area contributed by atoms with Gasteiger partial charge in [-0.05, 0) is 70.0 Å². The van der Waals surface area contributed by atoms with Gasteiger partial charge in [0.1, 0.15) is 5.82 Å². The Morgan fingerprint density at radius 2 is 1.82 bits per heavy atom. The van der Waals surface area contributed by atoms with Gasteiger partial charge in [0.15, 0.2) is 0 Å². The van der Waals surface area contributed by atoms with Crippen LogP contribution in [0.4, 0.5) is 5.69 Å². The number of rotatable bonds is 10. The zero-order chi connectivity index (χ0) is 27.5. The number of nitrogens with zero attached hydrogens (tertiary/aromatic N) is 3. The van der Waals surface area contributed by atoms with Crippen molar-refractivity contribution in [3.8, 4) is 0 Å². The van der Waals surface area contributed by atoms with Gasteiger partial charge in [-0.2, -0.15) is 4.31 Å². The molecule has 4 N–H and O–H groups in total. The van der Waals surface area contributed by atoms with Gasteiger partial charge in [-0.15, -0.1) is 0 Å². The number of ether oxygens (including phenoxy) is 1. The topological polar surface area (TPSA) is 145 Å². The molecule has 2 fully saturated rings. The molecule has 12 heteroatoms. The first-order valence-corrected chi connectivity index (χ1v) is 14.6. The molecule has 1 aromatic carbocycles. The number of carbonyl (C=O) groups is 1. The summed E-state index contributed by atoms with van der Waals surface area (Å²) in [4.78, 5) is 21.8. The molecule has 0 aromatic heterocycles. The Hall–Kier alpha value is -2.80. The highest BCUT2D eigenvalue weighted by Crippen LogP contribution is 2.21. The van der Waals surface area contributed by atoms with Crippen molar-refractivity contribution in [1.29, 1.82) is 0 Å². The lowest BCUT2D eigenvalue weighted by Crippen LogP contribution is -2.41. The standard InChI is InChI=1S/C26H40N6O5S/c1-4-5-14-28-26(27-3)31-24(29-20-6-10-22(33)11-7-20)19(2)25(34)30-21-8-12-23(13-9-21)38(35,36)32-15-17-37-18-16-32/h8-9,12-13,20,22,29,33H,3-7,10-11,14-18H2,1-2H3,(H,28,31)(H,30,34)/b24-19+. The van der Waals surface area contributed by atoms with E-state index in [1.54, 1.807) is 19.1 Å². The number of benzene rings is 1. The molecule has 0 bridgehead atoms. The Balaban J connectivity index is 1.75. The van der Waals surface area contributed by atoms with Gasteiger partial charge in [-0.25, -0.2) is 13.4 Å². The van der Waals surface area contributed by atoms with Crippen LogP contribution in [-0.2, 0) is 19.6 Å². The van der Waals surface area contributed by atoms with Gasteiger partial charge in [-0.1, -0.05) is 13.3 Å². The molecule has 3 rings (SSSR count). The number of aliphatic hydroxyl groups is 1. The smallest absolute Gasteiger partial charge is 0.254 e. The number of hydrogen-bond acceptors (Lipinski definition) is 7. The average Bonchev–Trinajstić information content (AvgIpc) is 2.93. The maximum Gasteiger partial charge on any atom is 0.254 e. The first-order valence-electron chi connectivity index (χ1n) is 13.2. The van der Waals surface area contributed by atoms with Gasteiger partial charge >= 0.3 is 0 Å². The van der Waals surface area contributed by atoms with E-state index in [1.807, 2.05) is 0 Å². The number of guanidine groups is 1. The summed E-state index contributed by atoms with van der Waals surface area (Å²) in [5.41, 5.74) is 0.849. The molecule has 0 radical (unpaired) electrons. The lowest BCUT2D eigenvalue weighted by Gasteiger charge is -2.29. The van der Waals surface area contributed by atoms with E-state index in [1.165, 1.54) is 16.4 Å². The van der Waals surface area contributed by atoms with Crippen LogP contribution in [0.1, 0.15) is 52.4 Å². The Bertz CT molecular complexity index is 1110. The molecule has 1 heterocycles. The molecular formula is C26H40N6O5S. The summed E-state index contributed by atoms with van der Waals surface area (Å²) in [6, 6.07) is 6.21. The number of sulfonamides is 1. The Labute approximate surface area is 225 Å². The zero-order valence-electron chi connectivity index (χ0n) is 22.3. The third-order valence-electron chi connectivity index (χ3n) is 6.64. The molecule has 38 heavy (non-hydrogen) atoms. The number of morpholine rings is 1. The highest BCUT2D eigenvalue weighted by atomic mass is 32.2. The van der Waals surface area contributed by atoms with E-state index < -0.39 is 10.0 Å². The number of aliphatic imine (C=N–C) groups is 2. The Morgan fingerprint density at radius 3 is 2.42 bits per heavy atom. The van der Waals surface area contributed by atoms with Crippen molar-refractivity contribution in [2.24, 2.45) is 9.98 Å². The third-order valence-corrected chi connectivity index (χ3v) is 8.55. The minimum absolute atomic E-state index is 0.0787. The minimum atomic E-state index is -3.62. The van der Waals surface area contributed by atoms with Gasteiger partial charge < -0.3 is 25.8 Å². The highest BCUT2D eigenvalue weighted by molar-refractivity contribution is 7.89. The maximum absolute atomic E-state index is 13.2. The Morgan fingerprint density at radius 1 is 1.16 bits per heavy atom. The van der Waals surface area contributed by atoms with E-state index >= 15 is 0 Å². The van der Waals surface area contributed by atoms with E-state index in [-0.39, 0.29) is 22.9 Å². The first kappa shape index (κ1) is 29.8. The fraction of sp³-hybridized carbons (Fsp3) is 0.577. The summed E-state index contributed by atoms with van der Waals surface area (Å²) >= 11 is 0. The van der Waals surface area contributed by atoms with Crippen molar-refractivity contribution < 1.29 is 23.1 Å². The van der Waals surface area contributed by atoms with Crippen molar-refractivity contribution in [3.05, 3.63) is 35.7 Å². The van der Waals surface area contributed by atoms with Crippen LogP contribution in [0.2, 0.25) is 0 Å². The van der Waals surface area contributed by atoms with Crippen LogP contribution in [0.25, 0.3) is 0 Å². The molecule has 1 aromatic rings. The molecule has 1 aliphatic heterocycles. The second-order valence-corrected chi connectivity index (χ2v) is 11.4. The van der Waals surface area contributed by atoms with Gasteiger partial charge in [0.2, 0.25) is 16.0 Å². The van der Waals surface area contributed by atoms with E-state index in [4.69, 9.17) is 4.74 Å². The second-order valence-electron chi connectivity index (χ2n) is 9.49. The molecule has 210 valence electrons. The molecule has 2 aliphatic rings. The quantitative estimate of drug-likeness (QED) is 0.152. The number of nitrogens with one attached hydrogen (secondary N) is 3. The molecule has 11 nitrogen and oxygen atoms in total. The van der Waals surface area contributed by atoms with E-state index in [0.717, 1.165) is 25.7 Å². The van der Waals surface area contributed by atoms with Crippen molar-refractivity contribution >= 4 is 34.3 Å². The summed E-state index contributed by atoms with van der Waals surface area (Å²) in [5.74, 6) is 0.427. The molecule has 0 spiro atoms. The molecule has 0 unspecified atom stereocenters. The van der Waals surface area contributed by atoms with Crippen molar-refractivity contribution in [2.75, 3.05) is 38.2 Å². The number of unbranched alkanes of at least 4 members (excludes halogenated alkanes) is 1. The average molecular weight is 549 g/mol. The summed E-state index contributed by atoms with van der Waals surface area (Å²) in [6.45, 7) is 9.33. The number of carbonyl (C=O) groups excluding carboxylic acids is 1. The summed E-state index contributed by atoms with van der Waals surface area (Å²) < 4.78 is 32.4. The SMILES string of the molecule is C=NC(=NCCCC)N/C(NC1CCC(O)CC1)=C(\C)C(=O)Nc1ccc(S(=O)(=O)N2CCOCC2)cc1. The van der Waals surface area contributed by atoms with Crippen LogP contribution in [0, 0.1) is 0 Å². The monoisotopic (exact) mass is 548 g/mol. The fourth-order valence-corrected chi connectivity index (χ4v) is 5.64. The predicted octanol–water partition coefficient (Wildman–Crippen LogP) is 2.22. The normalized spacial score (nSPS) is 21.8.